The molecule has 0 amide bonds. The standard InChI is InChI=1S/C25H20Cl2N8/c1-25(2,15-3-4-19-14(6-15)7-16(26)10-28-19)24-34-20-22(32-12-33-23(20)35-24)30-9-13-5-17-18(27)11-31-21(17)29-8-13/h3-8,10-12H,9H2,1-2H3,(H,29,31)(H2,30,32,33,34,35). The molecule has 8 nitrogen and oxygen atoms in total. The Morgan fingerprint density at radius 2 is 1.89 bits per heavy atom. The summed E-state index contributed by atoms with van der Waals surface area (Å²) in [5.41, 5.74) is 4.63. The van der Waals surface area contributed by atoms with Crippen LogP contribution in [0.25, 0.3) is 33.1 Å². The molecular formula is C25H20Cl2N8. The number of nitrogens with zero attached hydrogens (tertiary/aromatic N) is 5. The minimum Gasteiger partial charge on any atom is -0.364 e. The number of aromatic nitrogens is 7. The van der Waals surface area contributed by atoms with Gasteiger partial charge in [0.2, 0.25) is 0 Å². The Morgan fingerprint density at radius 1 is 1.00 bits per heavy atom. The second-order valence-corrected chi connectivity index (χ2v) is 9.77. The van der Waals surface area contributed by atoms with Crippen molar-refractivity contribution in [3.8, 4) is 0 Å². The van der Waals surface area contributed by atoms with Gasteiger partial charge < -0.3 is 15.3 Å². The van der Waals surface area contributed by atoms with E-state index in [1.165, 1.54) is 6.33 Å². The van der Waals surface area contributed by atoms with Crippen LogP contribution in [0.5, 0.6) is 0 Å². The van der Waals surface area contributed by atoms with Crippen LogP contribution < -0.4 is 5.32 Å². The molecule has 6 rings (SSSR count). The van der Waals surface area contributed by atoms with E-state index in [9.17, 15) is 0 Å². The SMILES string of the molecule is CC(C)(c1ccc2ncc(Cl)cc2c1)c1nc2ncnc(NCc3cnc4[nH]cc(Cl)c4c3)c2[nH]1. The summed E-state index contributed by atoms with van der Waals surface area (Å²) in [6.07, 6.45) is 6.71. The Labute approximate surface area is 210 Å². The lowest BCUT2D eigenvalue weighted by atomic mass is 9.83. The van der Waals surface area contributed by atoms with E-state index in [1.54, 1.807) is 12.4 Å². The maximum atomic E-state index is 6.24. The molecule has 0 aliphatic rings. The van der Waals surface area contributed by atoms with Gasteiger partial charge >= 0.3 is 0 Å². The summed E-state index contributed by atoms with van der Waals surface area (Å²) in [5.74, 6) is 1.45. The molecule has 0 unspecified atom stereocenters. The zero-order valence-electron chi connectivity index (χ0n) is 18.9. The van der Waals surface area contributed by atoms with Crippen LogP contribution in [0.3, 0.4) is 0 Å². The summed E-state index contributed by atoms with van der Waals surface area (Å²) in [7, 11) is 0. The van der Waals surface area contributed by atoms with Crippen molar-refractivity contribution in [3.63, 3.8) is 0 Å². The van der Waals surface area contributed by atoms with Crippen molar-refractivity contribution >= 4 is 62.1 Å². The lowest BCUT2D eigenvalue weighted by Gasteiger charge is -2.23. The van der Waals surface area contributed by atoms with Crippen molar-refractivity contribution < 1.29 is 0 Å². The van der Waals surface area contributed by atoms with E-state index < -0.39 is 5.41 Å². The molecule has 0 aliphatic heterocycles. The second kappa shape index (κ2) is 8.18. The predicted octanol–water partition coefficient (Wildman–Crippen LogP) is 6.02. The number of hydrogen-bond donors (Lipinski definition) is 3. The van der Waals surface area contributed by atoms with Gasteiger partial charge in [-0.1, -0.05) is 29.3 Å². The van der Waals surface area contributed by atoms with Crippen molar-refractivity contribution in [1.29, 1.82) is 0 Å². The van der Waals surface area contributed by atoms with Gasteiger partial charge in [-0.25, -0.2) is 19.9 Å². The van der Waals surface area contributed by atoms with Gasteiger partial charge in [0.25, 0.3) is 0 Å². The smallest absolute Gasteiger partial charge is 0.183 e. The molecular weight excluding hydrogens is 483 g/mol. The van der Waals surface area contributed by atoms with Crippen molar-refractivity contribution in [2.45, 2.75) is 25.8 Å². The average molecular weight is 503 g/mol. The fraction of sp³-hybridized carbons (Fsp3) is 0.160. The molecule has 5 heterocycles. The first-order valence-electron chi connectivity index (χ1n) is 11.0. The second-order valence-electron chi connectivity index (χ2n) is 8.92. The van der Waals surface area contributed by atoms with Gasteiger partial charge in [0, 0.05) is 41.3 Å². The average Bonchev–Trinajstić information content (AvgIpc) is 3.47. The van der Waals surface area contributed by atoms with Gasteiger partial charge in [-0.05, 0) is 49.2 Å². The molecule has 10 heteroatoms. The molecule has 1 aromatic carbocycles. The minimum absolute atomic E-state index is 0.422. The molecule has 0 saturated carbocycles. The highest BCUT2D eigenvalue weighted by Gasteiger charge is 2.28. The summed E-state index contributed by atoms with van der Waals surface area (Å²) in [5, 5.41) is 6.49. The molecule has 174 valence electrons. The van der Waals surface area contributed by atoms with Crippen LogP contribution in [-0.4, -0.2) is 34.9 Å². The summed E-state index contributed by atoms with van der Waals surface area (Å²) < 4.78 is 0. The van der Waals surface area contributed by atoms with Crippen LogP contribution in [-0.2, 0) is 12.0 Å². The number of rotatable bonds is 5. The highest BCUT2D eigenvalue weighted by atomic mass is 35.5. The van der Waals surface area contributed by atoms with E-state index in [-0.39, 0.29) is 0 Å². The van der Waals surface area contributed by atoms with Gasteiger partial charge in [0.15, 0.2) is 11.5 Å². The number of anilines is 1. The van der Waals surface area contributed by atoms with E-state index in [4.69, 9.17) is 28.2 Å². The predicted molar refractivity (Wildman–Crippen MR) is 139 cm³/mol. The maximum Gasteiger partial charge on any atom is 0.183 e. The Hall–Kier alpha value is -3.75. The molecule has 35 heavy (non-hydrogen) atoms. The maximum absolute atomic E-state index is 6.24. The number of imidazole rings is 1. The van der Waals surface area contributed by atoms with Crippen molar-refractivity contribution in [1.82, 2.24) is 34.9 Å². The van der Waals surface area contributed by atoms with Crippen LogP contribution in [0, 0.1) is 0 Å². The molecule has 5 aromatic heterocycles. The van der Waals surface area contributed by atoms with Gasteiger partial charge in [0.1, 0.15) is 23.3 Å². The van der Waals surface area contributed by atoms with Gasteiger partial charge in [-0.2, -0.15) is 0 Å². The van der Waals surface area contributed by atoms with Crippen LogP contribution in [0.2, 0.25) is 10.0 Å². The number of hydrogen-bond acceptors (Lipinski definition) is 6. The fourth-order valence-electron chi connectivity index (χ4n) is 4.19. The summed E-state index contributed by atoms with van der Waals surface area (Å²) in [4.78, 5) is 28.9. The molecule has 0 bridgehead atoms. The van der Waals surface area contributed by atoms with E-state index in [1.807, 2.05) is 24.4 Å². The van der Waals surface area contributed by atoms with Crippen molar-refractivity contribution in [2.75, 3.05) is 5.32 Å². The summed E-state index contributed by atoms with van der Waals surface area (Å²) in [6.45, 7) is 4.75. The summed E-state index contributed by atoms with van der Waals surface area (Å²) in [6, 6.07) is 10.1. The third kappa shape index (κ3) is 3.84. The zero-order chi connectivity index (χ0) is 24.2. The van der Waals surface area contributed by atoms with Gasteiger partial charge in [-0.15, -0.1) is 0 Å². The fourth-order valence-corrected chi connectivity index (χ4v) is 4.55. The molecule has 0 atom stereocenters. The summed E-state index contributed by atoms with van der Waals surface area (Å²) >= 11 is 12.4. The van der Waals surface area contributed by atoms with E-state index in [0.717, 1.165) is 44.4 Å². The van der Waals surface area contributed by atoms with Crippen LogP contribution in [0.4, 0.5) is 5.82 Å². The molecule has 6 aromatic rings. The molecule has 0 spiro atoms. The van der Waals surface area contributed by atoms with Crippen LogP contribution >= 0.6 is 23.2 Å². The van der Waals surface area contributed by atoms with Crippen LogP contribution in [0.1, 0.15) is 30.8 Å². The Bertz CT molecular complexity index is 1720. The molecule has 0 radical (unpaired) electrons. The quantitative estimate of drug-likeness (QED) is 0.266. The van der Waals surface area contributed by atoms with Gasteiger partial charge in [0.05, 0.1) is 15.6 Å². The third-order valence-corrected chi connectivity index (χ3v) is 6.77. The van der Waals surface area contributed by atoms with Crippen molar-refractivity contribution in [3.05, 3.63) is 82.2 Å². The Balaban J connectivity index is 1.32. The number of pyridine rings is 2. The number of H-pyrrole nitrogens is 2. The number of halogens is 2. The van der Waals surface area contributed by atoms with E-state index >= 15 is 0 Å². The largest absolute Gasteiger partial charge is 0.364 e. The molecule has 3 N–H and O–H groups in total. The topological polar surface area (TPSA) is 108 Å². The number of fused-ring (bicyclic) bond motifs is 3. The normalized spacial score (nSPS) is 12.1. The first-order valence-corrected chi connectivity index (χ1v) is 11.8. The monoisotopic (exact) mass is 502 g/mol. The van der Waals surface area contributed by atoms with Gasteiger partial charge in [-0.3, -0.25) is 4.98 Å². The lowest BCUT2D eigenvalue weighted by molar-refractivity contribution is 0.601. The van der Waals surface area contributed by atoms with E-state index in [2.05, 4.69) is 61.2 Å². The lowest BCUT2D eigenvalue weighted by Crippen LogP contribution is -2.20. The molecule has 0 saturated heterocycles. The highest BCUT2D eigenvalue weighted by molar-refractivity contribution is 6.35. The third-order valence-electron chi connectivity index (χ3n) is 6.25. The number of nitrogens with one attached hydrogen (secondary N) is 3. The first-order chi connectivity index (χ1) is 16.9. The Kier molecular flexibility index (Phi) is 5.09. The molecule has 0 fully saturated rings. The highest BCUT2D eigenvalue weighted by Crippen LogP contribution is 2.33. The Morgan fingerprint density at radius 3 is 2.77 bits per heavy atom. The van der Waals surface area contributed by atoms with Crippen molar-refractivity contribution in [2.24, 2.45) is 0 Å². The zero-order valence-corrected chi connectivity index (χ0v) is 20.4. The molecule has 0 aliphatic carbocycles. The number of benzene rings is 1. The van der Waals surface area contributed by atoms with E-state index in [0.29, 0.717) is 28.1 Å². The van der Waals surface area contributed by atoms with Crippen LogP contribution in [0.15, 0.2) is 55.2 Å². The minimum atomic E-state index is -0.422. The number of aromatic amines is 2. The first kappa shape index (κ1) is 21.8.